The van der Waals surface area contributed by atoms with Gasteiger partial charge in [0.2, 0.25) is 0 Å². The largest absolute Gasteiger partial charge is 0.340 e. The fraction of sp³-hybridized carbons (Fsp3) is 0.143. The molecule has 4 rings (SSSR count). The molecule has 4 aromatic rings. The SMILES string of the molecule is Cc1ccccc1NC(=O)c1c(-c2ccccc2C)n(Cc2ccc(Cl)cc2)c(C)cc1=O. The summed E-state index contributed by atoms with van der Waals surface area (Å²) in [6.07, 6.45) is 0. The number of aryl methyl sites for hydroxylation is 3. The topological polar surface area (TPSA) is 51.1 Å². The summed E-state index contributed by atoms with van der Waals surface area (Å²) < 4.78 is 2.03. The van der Waals surface area contributed by atoms with E-state index in [1.807, 2.05) is 98.1 Å². The monoisotopic (exact) mass is 456 g/mol. The lowest BCUT2D eigenvalue weighted by Gasteiger charge is -2.22. The summed E-state index contributed by atoms with van der Waals surface area (Å²) in [4.78, 5) is 26.7. The van der Waals surface area contributed by atoms with Crippen LogP contribution in [0.15, 0.2) is 83.7 Å². The molecule has 0 fully saturated rings. The van der Waals surface area contributed by atoms with Crippen LogP contribution < -0.4 is 10.7 Å². The predicted molar refractivity (Wildman–Crippen MR) is 135 cm³/mol. The third-order valence-electron chi connectivity index (χ3n) is 5.79. The first-order valence-corrected chi connectivity index (χ1v) is 11.1. The zero-order chi connectivity index (χ0) is 23.5. The zero-order valence-electron chi connectivity index (χ0n) is 18.9. The molecular weight excluding hydrogens is 432 g/mol. The Bertz CT molecular complexity index is 1390. The minimum atomic E-state index is -0.419. The number of aromatic nitrogens is 1. The zero-order valence-corrected chi connectivity index (χ0v) is 19.6. The van der Waals surface area contributed by atoms with Crippen molar-refractivity contribution in [3.63, 3.8) is 0 Å². The Morgan fingerprint density at radius 1 is 0.879 bits per heavy atom. The van der Waals surface area contributed by atoms with E-state index in [2.05, 4.69) is 5.32 Å². The molecule has 1 N–H and O–H groups in total. The number of benzene rings is 3. The Labute approximate surface area is 198 Å². The number of pyridine rings is 1. The van der Waals surface area contributed by atoms with Crippen molar-refractivity contribution in [3.8, 4) is 11.3 Å². The van der Waals surface area contributed by atoms with Crippen LogP contribution in [0.4, 0.5) is 5.69 Å². The number of carbonyl (C=O) groups excluding carboxylic acids is 1. The summed E-state index contributed by atoms with van der Waals surface area (Å²) in [5.41, 5.74) is 5.68. The van der Waals surface area contributed by atoms with Crippen molar-refractivity contribution in [1.29, 1.82) is 0 Å². The van der Waals surface area contributed by atoms with E-state index in [-0.39, 0.29) is 11.0 Å². The minimum Gasteiger partial charge on any atom is -0.340 e. The van der Waals surface area contributed by atoms with Gasteiger partial charge in [0, 0.05) is 34.6 Å². The number of carbonyl (C=O) groups is 1. The summed E-state index contributed by atoms with van der Waals surface area (Å²) in [6.45, 7) is 6.29. The molecule has 0 aliphatic heterocycles. The number of anilines is 1. The van der Waals surface area contributed by atoms with Crippen LogP contribution in [0.2, 0.25) is 5.02 Å². The minimum absolute atomic E-state index is 0.132. The van der Waals surface area contributed by atoms with Crippen molar-refractivity contribution < 1.29 is 4.79 Å². The first kappa shape index (κ1) is 22.6. The predicted octanol–water partition coefficient (Wildman–Crippen LogP) is 6.39. The molecule has 1 heterocycles. The normalized spacial score (nSPS) is 10.8. The van der Waals surface area contributed by atoms with Crippen molar-refractivity contribution in [3.05, 3.63) is 122 Å². The Hall–Kier alpha value is -3.63. The van der Waals surface area contributed by atoms with E-state index in [1.165, 1.54) is 6.07 Å². The quantitative estimate of drug-likeness (QED) is 0.378. The Balaban J connectivity index is 1.93. The van der Waals surface area contributed by atoms with Crippen LogP contribution in [0.1, 0.15) is 32.7 Å². The first-order chi connectivity index (χ1) is 15.8. The van der Waals surface area contributed by atoms with Gasteiger partial charge < -0.3 is 9.88 Å². The van der Waals surface area contributed by atoms with Crippen LogP contribution in [0.5, 0.6) is 0 Å². The fourth-order valence-electron chi connectivity index (χ4n) is 3.98. The van der Waals surface area contributed by atoms with E-state index < -0.39 is 5.91 Å². The van der Waals surface area contributed by atoms with Crippen molar-refractivity contribution in [2.24, 2.45) is 0 Å². The van der Waals surface area contributed by atoms with Crippen LogP contribution >= 0.6 is 11.6 Å². The number of hydrogen-bond donors (Lipinski definition) is 1. The second-order valence-electron chi connectivity index (χ2n) is 8.17. The van der Waals surface area contributed by atoms with Crippen LogP contribution in [0, 0.1) is 20.8 Å². The lowest BCUT2D eigenvalue weighted by atomic mass is 9.98. The van der Waals surface area contributed by atoms with Gasteiger partial charge in [-0.25, -0.2) is 0 Å². The molecule has 1 amide bonds. The number of rotatable bonds is 5. The molecule has 0 unspecified atom stereocenters. The Morgan fingerprint density at radius 2 is 1.52 bits per heavy atom. The molecule has 166 valence electrons. The summed E-state index contributed by atoms with van der Waals surface area (Å²) in [5, 5.41) is 3.61. The number of halogens is 1. The molecule has 0 atom stereocenters. The highest BCUT2D eigenvalue weighted by Crippen LogP contribution is 2.28. The van der Waals surface area contributed by atoms with Crippen molar-refractivity contribution in [1.82, 2.24) is 4.57 Å². The molecule has 3 aromatic carbocycles. The highest BCUT2D eigenvalue weighted by molar-refractivity contribution is 6.30. The molecule has 0 aliphatic carbocycles. The van der Waals surface area contributed by atoms with E-state index in [0.717, 1.165) is 27.9 Å². The van der Waals surface area contributed by atoms with Gasteiger partial charge in [-0.05, 0) is 55.7 Å². The number of para-hydroxylation sites is 1. The van der Waals surface area contributed by atoms with Gasteiger partial charge in [-0.1, -0.05) is 66.2 Å². The Morgan fingerprint density at radius 3 is 2.18 bits per heavy atom. The molecule has 0 bridgehead atoms. The van der Waals surface area contributed by atoms with Gasteiger partial charge in [-0.2, -0.15) is 0 Å². The van der Waals surface area contributed by atoms with Gasteiger partial charge in [0.05, 0.1) is 5.69 Å². The van der Waals surface area contributed by atoms with Crippen LogP contribution in [0.25, 0.3) is 11.3 Å². The molecule has 0 radical (unpaired) electrons. The molecule has 0 saturated heterocycles. The third-order valence-corrected chi connectivity index (χ3v) is 6.05. The van der Waals surface area contributed by atoms with Crippen LogP contribution in [0.3, 0.4) is 0 Å². The molecule has 33 heavy (non-hydrogen) atoms. The average molecular weight is 457 g/mol. The van der Waals surface area contributed by atoms with Crippen molar-refractivity contribution >= 4 is 23.2 Å². The summed E-state index contributed by atoms with van der Waals surface area (Å²) in [6, 6.07) is 24.5. The maximum absolute atomic E-state index is 13.5. The van der Waals surface area contributed by atoms with E-state index >= 15 is 0 Å². The maximum Gasteiger partial charge on any atom is 0.261 e. The second kappa shape index (κ2) is 9.47. The van der Waals surface area contributed by atoms with Gasteiger partial charge in [-0.3, -0.25) is 9.59 Å². The van der Waals surface area contributed by atoms with E-state index in [9.17, 15) is 9.59 Å². The molecule has 1 aromatic heterocycles. The molecule has 5 heteroatoms. The van der Waals surface area contributed by atoms with Crippen molar-refractivity contribution in [2.75, 3.05) is 5.32 Å². The van der Waals surface area contributed by atoms with Crippen molar-refractivity contribution in [2.45, 2.75) is 27.3 Å². The summed E-state index contributed by atoms with van der Waals surface area (Å²) >= 11 is 6.07. The number of hydrogen-bond acceptors (Lipinski definition) is 2. The van der Waals surface area contributed by atoms with E-state index in [4.69, 9.17) is 11.6 Å². The lowest BCUT2D eigenvalue weighted by Crippen LogP contribution is -2.27. The van der Waals surface area contributed by atoms with Gasteiger partial charge in [0.15, 0.2) is 5.43 Å². The molecule has 0 spiro atoms. The highest BCUT2D eigenvalue weighted by Gasteiger charge is 2.23. The van der Waals surface area contributed by atoms with Gasteiger partial charge in [0.25, 0.3) is 5.91 Å². The first-order valence-electron chi connectivity index (χ1n) is 10.8. The van der Waals surface area contributed by atoms with Gasteiger partial charge in [-0.15, -0.1) is 0 Å². The maximum atomic E-state index is 13.5. The van der Waals surface area contributed by atoms with Crippen LogP contribution in [-0.4, -0.2) is 10.5 Å². The van der Waals surface area contributed by atoms with E-state index in [1.54, 1.807) is 0 Å². The molecule has 0 saturated carbocycles. The van der Waals surface area contributed by atoms with Gasteiger partial charge in [0.1, 0.15) is 5.56 Å². The summed E-state index contributed by atoms with van der Waals surface area (Å²) in [5.74, 6) is -0.419. The standard InChI is InChI=1S/C28H25ClN2O2/c1-18-8-4-6-10-23(18)27-26(28(33)30-24-11-7-5-9-19(24)2)25(32)16-20(3)31(27)17-21-12-14-22(29)15-13-21/h4-16H,17H2,1-3H3,(H,30,33). The lowest BCUT2D eigenvalue weighted by molar-refractivity contribution is 0.102. The average Bonchev–Trinajstić information content (AvgIpc) is 2.78. The number of nitrogens with zero attached hydrogens (tertiary/aromatic N) is 1. The fourth-order valence-corrected chi connectivity index (χ4v) is 4.11. The third kappa shape index (κ3) is 4.76. The smallest absolute Gasteiger partial charge is 0.261 e. The van der Waals surface area contributed by atoms with E-state index in [0.29, 0.717) is 22.9 Å². The van der Waals surface area contributed by atoms with Gasteiger partial charge >= 0.3 is 0 Å². The highest BCUT2D eigenvalue weighted by atomic mass is 35.5. The molecular formula is C28H25ClN2O2. The summed E-state index contributed by atoms with van der Waals surface area (Å²) in [7, 11) is 0. The number of amides is 1. The number of nitrogens with one attached hydrogen (secondary N) is 1. The molecule has 0 aliphatic rings. The molecule has 4 nitrogen and oxygen atoms in total. The Kier molecular flexibility index (Phi) is 6.47. The van der Waals surface area contributed by atoms with Crippen LogP contribution in [-0.2, 0) is 6.54 Å². The second-order valence-corrected chi connectivity index (χ2v) is 8.61.